The molecule has 2 N–H and O–H groups in total. The molecule has 10 nitrogen and oxygen atoms in total. The summed E-state index contributed by atoms with van der Waals surface area (Å²) in [6.45, 7) is 0.436. The Balaban J connectivity index is 1.48. The minimum atomic E-state index is -3.44. The summed E-state index contributed by atoms with van der Waals surface area (Å²) in [6, 6.07) is 6.30. The fraction of sp³-hybridized carbons (Fsp3) is 0.200. The molecule has 5 rings (SSSR count). The number of H-pyrrole nitrogens is 1. The topological polar surface area (TPSA) is 126 Å². The van der Waals surface area contributed by atoms with Crippen molar-refractivity contribution in [1.82, 2.24) is 25.1 Å². The van der Waals surface area contributed by atoms with Crippen molar-refractivity contribution < 1.29 is 17.5 Å². The predicted octanol–water partition coefficient (Wildman–Crippen LogP) is 2.74. The Labute approximate surface area is 182 Å². The van der Waals surface area contributed by atoms with Gasteiger partial charge in [0, 0.05) is 43.2 Å². The molecule has 0 radical (unpaired) electrons. The molecule has 0 bridgehead atoms. The number of aromatic amines is 1. The quantitative estimate of drug-likeness (QED) is 0.467. The fourth-order valence-corrected chi connectivity index (χ4v) is 4.61. The minimum absolute atomic E-state index is 0.223. The van der Waals surface area contributed by atoms with E-state index >= 15 is 0 Å². The van der Waals surface area contributed by atoms with E-state index in [0.717, 1.165) is 6.20 Å². The van der Waals surface area contributed by atoms with E-state index in [0.29, 0.717) is 52.7 Å². The molecule has 0 saturated carbocycles. The summed E-state index contributed by atoms with van der Waals surface area (Å²) in [4.78, 5) is 14.6. The maximum Gasteiger partial charge on any atom is 0.229 e. The number of hydrogen-bond acceptors (Lipinski definition) is 9. The minimum Gasteiger partial charge on any atom is -0.493 e. The first-order valence-electron chi connectivity index (χ1n) is 9.63. The van der Waals surface area contributed by atoms with Gasteiger partial charge in [0.2, 0.25) is 5.95 Å². The normalized spacial score (nSPS) is 13.1. The number of benzene rings is 1. The Morgan fingerprint density at radius 1 is 1.25 bits per heavy atom. The largest absolute Gasteiger partial charge is 0.493 e. The number of pyridine rings is 1. The highest BCUT2D eigenvalue weighted by molar-refractivity contribution is 7.90. The standard InChI is InChI=1S/C20H18FN7O3S/c1-28(19-14-7-11(21)10-23-18(14)26-27-19)17-3-5-22-20(25-17)24-12-8-15-13(4-6-31-15)16(9-12)32(2,29)30/h3,5,7-10H,4,6H2,1-2H3,(H,22,24,25)(H,23,26,27). The number of sulfone groups is 1. The average molecular weight is 455 g/mol. The van der Waals surface area contributed by atoms with Gasteiger partial charge in [-0.2, -0.15) is 10.1 Å². The summed E-state index contributed by atoms with van der Waals surface area (Å²) in [7, 11) is -1.70. The molecule has 4 aromatic rings. The van der Waals surface area contributed by atoms with Gasteiger partial charge in [0.15, 0.2) is 21.3 Å². The highest BCUT2D eigenvalue weighted by Gasteiger charge is 2.23. The van der Waals surface area contributed by atoms with E-state index in [4.69, 9.17) is 4.74 Å². The van der Waals surface area contributed by atoms with Crippen LogP contribution < -0.4 is 15.0 Å². The SMILES string of the molecule is CN(c1ccnc(Nc2cc3c(c(S(C)(=O)=O)c2)CCO3)n1)c1n[nH]c2ncc(F)cc12. The van der Waals surface area contributed by atoms with Gasteiger partial charge in [-0.1, -0.05) is 0 Å². The molecular weight excluding hydrogens is 437 g/mol. The average Bonchev–Trinajstić information content (AvgIpc) is 3.38. The van der Waals surface area contributed by atoms with Crippen LogP contribution in [0.1, 0.15) is 5.56 Å². The maximum atomic E-state index is 13.7. The molecule has 0 atom stereocenters. The van der Waals surface area contributed by atoms with Crippen LogP contribution in [-0.4, -0.2) is 53.5 Å². The first-order chi connectivity index (χ1) is 15.3. The molecule has 0 amide bonds. The maximum absolute atomic E-state index is 13.7. The molecular formula is C20H18FN7O3S. The van der Waals surface area contributed by atoms with Gasteiger partial charge < -0.3 is 15.0 Å². The summed E-state index contributed by atoms with van der Waals surface area (Å²) < 4.78 is 43.7. The first-order valence-corrected chi connectivity index (χ1v) is 11.5. The Hall–Kier alpha value is -3.80. The monoisotopic (exact) mass is 455 g/mol. The molecule has 3 aromatic heterocycles. The Morgan fingerprint density at radius 2 is 2.09 bits per heavy atom. The van der Waals surface area contributed by atoms with Crippen molar-refractivity contribution in [3.63, 3.8) is 0 Å². The highest BCUT2D eigenvalue weighted by atomic mass is 32.2. The van der Waals surface area contributed by atoms with E-state index in [1.165, 1.54) is 12.3 Å². The fourth-order valence-electron chi connectivity index (χ4n) is 3.62. The number of aromatic nitrogens is 5. The van der Waals surface area contributed by atoms with Crippen LogP contribution in [0.2, 0.25) is 0 Å². The molecule has 164 valence electrons. The van der Waals surface area contributed by atoms with E-state index in [1.54, 1.807) is 36.3 Å². The van der Waals surface area contributed by atoms with Crippen molar-refractivity contribution >= 4 is 44.1 Å². The van der Waals surface area contributed by atoms with E-state index in [2.05, 4.69) is 30.5 Å². The molecule has 0 spiro atoms. The molecule has 0 fully saturated rings. The molecule has 4 heterocycles. The van der Waals surface area contributed by atoms with Crippen LogP contribution in [0.15, 0.2) is 41.6 Å². The number of ether oxygens (including phenoxy) is 1. The Morgan fingerprint density at radius 3 is 2.91 bits per heavy atom. The summed E-state index contributed by atoms with van der Waals surface area (Å²) in [5.74, 6) is 1.24. The van der Waals surface area contributed by atoms with Crippen molar-refractivity contribution in [3.05, 3.63) is 48.0 Å². The number of nitrogens with one attached hydrogen (secondary N) is 2. The molecule has 32 heavy (non-hydrogen) atoms. The number of fused-ring (bicyclic) bond motifs is 2. The van der Waals surface area contributed by atoms with Crippen LogP contribution in [0.5, 0.6) is 5.75 Å². The van der Waals surface area contributed by atoms with Crippen LogP contribution in [0, 0.1) is 5.82 Å². The summed E-state index contributed by atoms with van der Waals surface area (Å²) in [6.07, 6.45) is 4.38. The summed E-state index contributed by atoms with van der Waals surface area (Å²) in [5.41, 5.74) is 1.62. The zero-order chi connectivity index (χ0) is 22.5. The van der Waals surface area contributed by atoms with Crippen molar-refractivity contribution in [2.45, 2.75) is 11.3 Å². The second kappa shape index (κ2) is 7.41. The highest BCUT2D eigenvalue weighted by Crippen LogP contribution is 2.35. The number of halogens is 1. The van der Waals surface area contributed by atoms with Crippen LogP contribution in [-0.2, 0) is 16.3 Å². The van der Waals surface area contributed by atoms with Crippen LogP contribution in [0.3, 0.4) is 0 Å². The third kappa shape index (κ3) is 3.58. The predicted molar refractivity (Wildman–Crippen MR) is 116 cm³/mol. The van der Waals surface area contributed by atoms with Crippen molar-refractivity contribution in [3.8, 4) is 5.75 Å². The zero-order valence-electron chi connectivity index (χ0n) is 17.1. The van der Waals surface area contributed by atoms with Gasteiger partial charge in [-0.25, -0.2) is 22.8 Å². The van der Waals surface area contributed by atoms with Gasteiger partial charge in [0.05, 0.1) is 23.1 Å². The third-order valence-electron chi connectivity index (χ3n) is 5.10. The zero-order valence-corrected chi connectivity index (χ0v) is 17.9. The van der Waals surface area contributed by atoms with Gasteiger partial charge in [0.1, 0.15) is 17.4 Å². The molecule has 12 heteroatoms. The molecule has 0 unspecified atom stereocenters. The second-order valence-corrected chi connectivity index (χ2v) is 9.33. The second-order valence-electron chi connectivity index (χ2n) is 7.34. The van der Waals surface area contributed by atoms with Crippen molar-refractivity contribution in [2.75, 3.05) is 30.1 Å². The Bertz CT molecular complexity index is 1460. The van der Waals surface area contributed by atoms with Gasteiger partial charge >= 0.3 is 0 Å². The van der Waals surface area contributed by atoms with Gasteiger partial charge in [-0.3, -0.25) is 5.10 Å². The molecule has 0 aliphatic carbocycles. The number of rotatable bonds is 5. The van der Waals surface area contributed by atoms with E-state index in [1.807, 2.05) is 0 Å². The first kappa shape index (κ1) is 20.1. The molecule has 1 aliphatic heterocycles. The van der Waals surface area contributed by atoms with E-state index in [9.17, 15) is 12.8 Å². The Kier molecular flexibility index (Phi) is 4.66. The third-order valence-corrected chi connectivity index (χ3v) is 6.26. The lowest BCUT2D eigenvalue weighted by atomic mass is 10.1. The molecule has 1 aromatic carbocycles. The van der Waals surface area contributed by atoms with Gasteiger partial charge in [0.25, 0.3) is 0 Å². The van der Waals surface area contributed by atoms with Crippen LogP contribution in [0.25, 0.3) is 11.0 Å². The van der Waals surface area contributed by atoms with Gasteiger partial charge in [-0.15, -0.1) is 0 Å². The van der Waals surface area contributed by atoms with E-state index in [-0.39, 0.29) is 10.8 Å². The smallest absolute Gasteiger partial charge is 0.229 e. The van der Waals surface area contributed by atoms with Crippen molar-refractivity contribution in [1.29, 1.82) is 0 Å². The van der Waals surface area contributed by atoms with Crippen molar-refractivity contribution in [2.24, 2.45) is 0 Å². The van der Waals surface area contributed by atoms with E-state index < -0.39 is 15.7 Å². The lowest BCUT2D eigenvalue weighted by molar-refractivity contribution is 0.357. The summed E-state index contributed by atoms with van der Waals surface area (Å²) >= 11 is 0. The molecule has 0 saturated heterocycles. The lowest BCUT2D eigenvalue weighted by Crippen LogP contribution is -2.13. The lowest BCUT2D eigenvalue weighted by Gasteiger charge is -2.17. The van der Waals surface area contributed by atoms with Gasteiger partial charge in [-0.05, 0) is 18.2 Å². The molecule has 1 aliphatic rings. The number of anilines is 4. The number of nitrogens with zero attached hydrogens (tertiary/aromatic N) is 5. The summed E-state index contributed by atoms with van der Waals surface area (Å²) in [5, 5.41) is 10.5. The van der Waals surface area contributed by atoms with Crippen LogP contribution >= 0.6 is 0 Å². The number of hydrogen-bond donors (Lipinski definition) is 2. The van der Waals surface area contributed by atoms with Crippen LogP contribution in [0.4, 0.5) is 27.7 Å².